The molecule has 2 bridgehead atoms. The van der Waals surface area contributed by atoms with Crippen molar-refractivity contribution in [1.29, 1.82) is 0 Å². The molecule has 2 N–H and O–H groups in total. The molecule has 0 radical (unpaired) electrons. The highest BCUT2D eigenvalue weighted by Crippen LogP contribution is 2.48. The van der Waals surface area contributed by atoms with Gasteiger partial charge in [-0.25, -0.2) is 0 Å². The van der Waals surface area contributed by atoms with E-state index in [1.54, 1.807) is 0 Å². The van der Waals surface area contributed by atoms with Crippen LogP contribution in [-0.4, -0.2) is 23.5 Å². The Kier molecular flexibility index (Phi) is 4.25. The first-order chi connectivity index (χ1) is 8.61. The van der Waals surface area contributed by atoms with Crippen LogP contribution >= 0.6 is 0 Å². The largest absolute Gasteiger partial charge is 0.481 e. The summed E-state index contributed by atoms with van der Waals surface area (Å²) in [7, 11) is 0. The molecule has 0 saturated heterocycles. The first-order valence-corrected chi connectivity index (χ1v) is 7.12. The highest BCUT2D eigenvalue weighted by Gasteiger charge is 2.43. The lowest BCUT2D eigenvalue weighted by Crippen LogP contribution is -2.38. The van der Waals surface area contributed by atoms with E-state index in [9.17, 15) is 9.59 Å². The molecule has 18 heavy (non-hydrogen) atoms. The predicted octanol–water partition coefficient (Wildman–Crippen LogP) is 2.04. The van der Waals surface area contributed by atoms with Gasteiger partial charge in [-0.1, -0.05) is 19.8 Å². The Bertz CT molecular complexity index is 329. The summed E-state index contributed by atoms with van der Waals surface area (Å²) in [6, 6.07) is 0. The zero-order valence-electron chi connectivity index (χ0n) is 11.0. The molecule has 0 spiro atoms. The van der Waals surface area contributed by atoms with Gasteiger partial charge in [0.15, 0.2) is 0 Å². The third-order valence-electron chi connectivity index (χ3n) is 4.58. The number of rotatable bonds is 6. The number of fused-ring (bicyclic) bond motifs is 2. The van der Waals surface area contributed by atoms with Gasteiger partial charge in [0.25, 0.3) is 0 Å². The molecule has 4 heteroatoms. The molecular formula is C14H23NO3. The lowest BCUT2D eigenvalue weighted by atomic mass is 9.88. The van der Waals surface area contributed by atoms with Crippen LogP contribution in [0.2, 0.25) is 0 Å². The van der Waals surface area contributed by atoms with Gasteiger partial charge in [0.1, 0.15) is 0 Å². The number of carbonyl (C=O) groups excluding carboxylic acids is 1. The van der Waals surface area contributed by atoms with Crippen LogP contribution in [0, 0.1) is 23.7 Å². The van der Waals surface area contributed by atoms with E-state index in [4.69, 9.17) is 5.11 Å². The van der Waals surface area contributed by atoms with Crippen LogP contribution in [-0.2, 0) is 9.59 Å². The van der Waals surface area contributed by atoms with E-state index in [0.717, 1.165) is 18.8 Å². The molecule has 2 aliphatic rings. The van der Waals surface area contributed by atoms with Gasteiger partial charge in [-0.15, -0.1) is 0 Å². The smallest absolute Gasteiger partial charge is 0.308 e. The summed E-state index contributed by atoms with van der Waals surface area (Å²) in [5, 5.41) is 11.9. The van der Waals surface area contributed by atoms with Crippen LogP contribution in [0.15, 0.2) is 0 Å². The van der Waals surface area contributed by atoms with E-state index in [1.165, 1.54) is 19.3 Å². The Morgan fingerprint density at radius 2 is 2.11 bits per heavy atom. The molecule has 0 aromatic heterocycles. The number of nitrogens with one attached hydrogen (secondary N) is 1. The summed E-state index contributed by atoms with van der Waals surface area (Å²) in [6.45, 7) is 2.25. The van der Waals surface area contributed by atoms with E-state index in [1.807, 2.05) is 6.92 Å². The average molecular weight is 253 g/mol. The van der Waals surface area contributed by atoms with E-state index >= 15 is 0 Å². The first kappa shape index (κ1) is 13.4. The second-order valence-corrected chi connectivity index (χ2v) is 5.85. The fourth-order valence-electron chi connectivity index (χ4n) is 3.58. The van der Waals surface area contributed by atoms with Crippen LogP contribution < -0.4 is 5.32 Å². The zero-order valence-corrected chi connectivity index (χ0v) is 11.0. The van der Waals surface area contributed by atoms with Crippen LogP contribution in [0.25, 0.3) is 0 Å². The van der Waals surface area contributed by atoms with Crippen molar-refractivity contribution in [2.45, 2.75) is 45.4 Å². The van der Waals surface area contributed by atoms with Crippen molar-refractivity contribution < 1.29 is 14.7 Å². The molecule has 0 heterocycles. The molecule has 0 aromatic carbocycles. The Balaban J connectivity index is 1.79. The Hall–Kier alpha value is -1.06. The van der Waals surface area contributed by atoms with Crippen molar-refractivity contribution >= 4 is 11.9 Å². The van der Waals surface area contributed by atoms with Gasteiger partial charge in [0.05, 0.1) is 5.92 Å². The van der Waals surface area contributed by atoms with Crippen molar-refractivity contribution in [2.24, 2.45) is 23.7 Å². The third kappa shape index (κ3) is 2.85. The number of carboxylic acid groups (broad SMARTS) is 1. The summed E-state index contributed by atoms with van der Waals surface area (Å²) >= 11 is 0. The molecule has 2 saturated carbocycles. The van der Waals surface area contributed by atoms with Gasteiger partial charge < -0.3 is 10.4 Å². The Labute approximate surface area is 108 Å². The van der Waals surface area contributed by atoms with Crippen LogP contribution in [0.4, 0.5) is 0 Å². The molecule has 1 amide bonds. The molecule has 0 aromatic rings. The Morgan fingerprint density at radius 3 is 2.61 bits per heavy atom. The molecule has 4 atom stereocenters. The lowest BCUT2D eigenvalue weighted by Gasteiger charge is -2.21. The van der Waals surface area contributed by atoms with Crippen molar-refractivity contribution in [3.8, 4) is 0 Å². The molecule has 4 unspecified atom stereocenters. The molecule has 4 nitrogen and oxygen atoms in total. The summed E-state index contributed by atoms with van der Waals surface area (Å²) in [5.41, 5.74) is 0. The summed E-state index contributed by atoms with van der Waals surface area (Å²) < 4.78 is 0. The minimum Gasteiger partial charge on any atom is -0.481 e. The normalized spacial score (nSPS) is 31.3. The van der Waals surface area contributed by atoms with E-state index in [0.29, 0.717) is 12.3 Å². The van der Waals surface area contributed by atoms with Crippen LogP contribution in [0.1, 0.15) is 45.4 Å². The van der Waals surface area contributed by atoms with Crippen molar-refractivity contribution in [3.63, 3.8) is 0 Å². The summed E-state index contributed by atoms with van der Waals surface area (Å²) in [5.74, 6) is 0.313. The van der Waals surface area contributed by atoms with Crippen LogP contribution in [0.3, 0.4) is 0 Å². The number of carboxylic acids is 1. The number of carbonyl (C=O) groups is 2. The van der Waals surface area contributed by atoms with E-state index in [-0.39, 0.29) is 18.4 Å². The minimum atomic E-state index is -0.801. The fraction of sp³-hybridized carbons (Fsp3) is 0.857. The quantitative estimate of drug-likeness (QED) is 0.761. The van der Waals surface area contributed by atoms with Crippen molar-refractivity contribution in [3.05, 3.63) is 0 Å². The SMILES string of the molecule is CCCC(CNC(=O)C1CC2CCC1C2)C(=O)O. The molecule has 2 rings (SSSR count). The van der Waals surface area contributed by atoms with Gasteiger partial charge in [0, 0.05) is 12.5 Å². The maximum atomic E-state index is 12.1. The fourth-order valence-corrected chi connectivity index (χ4v) is 3.58. The summed E-state index contributed by atoms with van der Waals surface area (Å²) in [6.07, 6.45) is 6.15. The number of hydrogen-bond acceptors (Lipinski definition) is 2. The second kappa shape index (κ2) is 5.72. The highest BCUT2D eigenvalue weighted by atomic mass is 16.4. The number of amides is 1. The third-order valence-corrected chi connectivity index (χ3v) is 4.58. The summed E-state index contributed by atoms with van der Waals surface area (Å²) in [4.78, 5) is 23.1. The number of hydrogen-bond donors (Lipinski definition) is 2. The monoisotopic (exact) mass is 253 g/mol. The zero-order chi connectivity index (χ0) is 13.1. The highest BCUT2D eigenvalue weighted by molar-refractivity contribution is 5.80. The second-order valence-electron chi connectivity index (χ2n) is 5.85. The topological polar surface area (TPSA) is 66.4 Å². The minimum absolute atomic E-state index is 0.0875. The van der Waals surface area contributed by atoms with E-state index < -0.39 is 11.9 Å². The number of aliphatic carboxylic acids is 1. The molecule has 102 valence electrons. The predicted molar refractivity (Wildman–Crippen MR) is 68.0 cm³/mol. The first-order valence-electron chi connectivity index (χ1n) is 7.12. The van der Waals surface area contributed by atoms with Gasteiger partial charge in [0.2, 0.25) is 5.91 Å². The molecule has 2 aliphatic carbocycles. The molecule has 2 fully saturated rings. The van der Waals surface area contributed by atoms with Crippen molar-refractivity contribution in [2.75, 3.05) is 6.54 Å². The average Bonchev–Trinajstić information content (AvgIpc) is 2.95. The van der Waals surface area contributed by atoms with Gasteiger partial charge in [-0.05, 0) is 37.5 Å². The van der Waals surface area contributed by atoms with Crippen molar-refractivity contribution in [1.82, 2.24) is 5.32 Å². The maximum Gasteiger partial charge on any atom is 0.308 e. The molecule has 0 aliphatic heterocycles. The lowest BCUT2D eigenvalue weighted by molar-refractivity contribution is -0.142. The van der Waals surface area contributed by atoms with Gasteiger partial charge >= 0.3 is 5.97 Å². The molecular weight excluding hydrogens is 230 g/mol. The maximum absolute atomic E-state index is 12.1. The van der Waals surface area contributed by atoms with Gasteiger partial charge in [-0.3, -0.25) is 9.59 Å². The Morgan fingerprint density at radius 1 is 1.33 bits per heavy atom. The standard InChI is InChI=1S/C14H23NO3/c1-2-3-11(14(17)18)8-15-13(16)12-7-9-4-5-10(12)6-9/h9-12H,2-8H2,1H3,(H,15,16)(H,17,18). The van der Waals surface area contributed by atoms with Gasteiger partial charge in [-0.2, -0.15) is 0 Å². The van der Waals surface area contributed by atoms with Crippen LogP contribution in [0.5, 0.6) is 0 Å². The van der Waals surface area contributed by atoms with E-state index in [2.05, 4.69) is 5.32 Å².